The summed E-state index contributed by atoms with van der Waals surface area (Å²) in [7, 11) is 1.69. The van der Waals surface area contributed by atoms with E-state index >= 15 is 0 Å². The molecular formula is C15H11O. The molecule has 0 heterocycles. The lowest BCUT2D eigenvalue weighted by atomic mass is 10.0. The number of benzene rings is 3. The fourth-order valence-electron chi connectivity index (χ4n) is 2.09. The molecule has 0 fully saturated rings. The number of fused-ring (bicyclic) bond motifs is 3. The normalized spacial score (nSPS) is 10.8. The largest absolute Gasteiger partial charge is 0.495 e. The lowest BCUT2D eigenvalue weighted by molar-refractivity contribution is 0.419. The number of rotatable bonds is 1. The molecular weight excluding hydrogens is 196 g/mol. The van der Waals surface area contributed by atoms with Crippen LogP contribution in [-0.4, -0.2) is 7.11 Å². The first-order valence-corrected chi connectivity index (χ1v) is 5.27. The van der Waals surface area contributed by atoms with Crippen molar-refractivity contribution in [2.45, 2.75) is 0 Å². The Bertz CT molecular complexity index is 656. The van der Waals surface area contributed by atoms with Crippen molar-refractivity contribution < 1.29 is 4.74 Å². The van der Waals surface area contributed by atoms with Crippen LogP contribution in [0.2, 0.25) is 0 Å². The molecule has 0 aliphatic carbocycles. The van der Waals surface area contributed by atoms with E-state index in [1.807, 2.05) is 18.2 Å². The van der Waals surface area contributed by atoms with Gasteiger partial charge < -0.3 is 4.74 Å². The molecule has 0 unspecified atom stereocenters. The van der Waals surface area contributed by atoms with Crippen LogP contribution >= 0.6 is 0 Å². The lowest BCUT2D eigenvalue weighted by Gasteiger charge is -2.08. The lowest BCUT2D eigenvalue weighted by Crippen LogP contribution is -1.86. The van der Waals surface area contributed by atoms with Gasteiger partial charge in [-0.25, -0.2) is 0 Å². The highest BCUT2D eigenvalue weighted by atomic mass is 16.5. The number of methoxy groups -OCH3 is 1. The fraction of sp³-hybridized carbons (Fsp3) is 0.0667. The van der Waals surface area contributed by atoms with Crippen LogP contribution in [0.25, 0.3) is 21.5 Å². The highest BCUT2D eigenvalue weighted by molar-refractivity contribution is 6.09. The molecule has 0 saturated heterocycles. The summed E-state index contributed by atoms with van der Waals surface area (Å²) in [4.78, 5) is 0. The predicted octanol–water partition coefficient (Wildman–Crippen LogP) is 3.80. The number of ether oxygens (including phenoxy) is 1. The number of hydrogen-bond donors (Lipinski definition) is 0. The van der Waals surface area contributed by atoms with E-state index in [9.17, 15) is 0 Å². The van der Waals surface area contributed by atoms with Gasteiger partial charge in [0.15, 0.2) is 0 Å². The average Bonchev–Trinajstić information content (AvgIpc) is 2.38. The minimum atomic E-state index is 0.814. The molecule has 3 aromatic carbocycles. The van der Waals surface area contributed by atoms with Crippen molar-refractivity contribution in [2.24, 2.45) is 0 Å². The van der Waals surface area contributed by atoms with Crippen molar-refractivity contribution >= 4 is 21.5 Å². The maximum absolute atomic E-state index is 5.38. The van der Waals surface area contributed by atoms with Crippen LogP contribution in [0.3, 0.4) is 0 Å². The Hall–Kier alpha value is -2.02. The van der Waals surface area contributed by atoms with E-state index < -0.39 is 0 Å². The molecule has 0 bridgehead atoms. The maximum atomic E-state index is 5.38. The van der Waals surface area contributed by atoms with Gasteiger partial charge in [0, 0.05) is 11.5 Å². The molecule has 0 aliphatic rings. The maximum Gasteiger partial charge on any atom is 0.135 e. The van der Waals surface area contributed by atoms with Crippen LogP contribution in [0.4, 0.5) is 0 Å². The quantitative estimate of drug-likeness (QED) is 0.551. The second-order valence-corrected chi connectivity index (χ2v) is 3.75. The van der Waals surface area contributed by atoms with Gasteiger partial charge in [0.25, 0.3) is 0 Å². The molecule has 3 rings (SSSR count). The van der Waals surface area contributed by atoms with Gasteiger partial charge in [-0.3, -0.25) is 0 Å². The zero-order valence-corrected chi connectivity index (χ0v) is 9.03. The van der Waals surface area contributed by atoms with E-state index in [2.05, 4.69) is 36.4 Å². The summed E-state index contributed by atoms with van der Waals surface area (Å²) in [6, 6.07) is 19.8. The molecule has 0 atom stereocenters. The Kier molecular flexibility index (Phi) is 2.03. The second kappa shape index (κ2) is 3.53. The molecule has 0 N–H and O–H groups in total. The van der Waals surface area contributed by atoms with Gasteiger partial charge in [-0.1, -0.05) is 48.5 Å². The highest BCUT2D eigenvalue weighted by Gasteiger charge is 2.05. The molecule has 3 aromatic rings. The third-order valence-corrected chi connectivity index (χ3v) is 2.84. The molecule has 16 heavy (non-hydrogen) atoms. The van der Waals surface area contributed by atoms with Gasteiger partial charge >= 0.3 is 0 Å². The Morgan fingerprint density at radius 3 is 2.19 bits per heavy atom. The van der Waals surface area contributed by atoms with Crippen LogP contribution in [-0.2, 0) is 0 Å². The molecule has 1 heteroatoms. The van der Waals surface area contributed by atoms with Gasteiger partial charge in [-0.15, -0.1) is 0 Å². The number of hydrogen-bond acceptors (Lipinski definition) is 1. The van der Waals surface area contributed by atoms with Gasteiger partial charge in [0.05, 0.1) is 7.11 Å². The van der Waals surface area contributed by atoms with Crippen LogP contribution in [0, 0.1) is 6.07 Å². The average molecular weight is 207 g/mol. The van der Waals surface area contributed by atoms with Crippen LogP contribution in [0.5, 0.6) is 5.75 Å². The van der Waals surface area contributed by atoms with Crippen molar-refractivity contribution in [2.75, 3.05) is 7.11 Å². The van der Waals surface area contributed by atoms with E-state index in [1.165, 1.54) is 10.8 Å². The molecule has 1 radical (unpaired) electrons. The Morgan fingerprint density at radius 1 is 0.812 bits per heavy atom. The van der Waals surface area contributed by atoms with Crippen molar-refractivity contribution in [1.29, 1.82) is 0 Å². The summed E-state index contributed by atoms with van der Waals surface area (Å²) in [6.45, 7) is 0. The van der Waals surface area contributed by atoms with E-state index in [0.29, 0.717) is 0 Å². The van der Waals surface area contributed by atoms with E-state index in [1.54, 1.807) is 7.11 Å². The SMILES string of the molecule is COc1[c]c2ccccc2c2ccccc12. The molecule has 1 nitrogen and oxygen atoms in total. The Labute approximate surface area is 94.3 Å². The topological polar surface area (TPSA) is 9.23 Å². The van der Waals surface area contributed by atoms with E-state index in [4.69, 9.17) is 4.74 Å². The van der Waals surface area contributed by atoms with Crippen LogP contribution in [0.1, 0.15) is 0 Å². The zero-order valence-electron chi connectivity index (χ0n) is 9.03. The Balaban J connectivity index is 2.57. The third-order valence-electron chi connectivity index (χ3n) is 2.84. The summed E-state index contributed by atoms with van der Waals surface area (Å²) in [5.74, 6) is 0.814. The van der Waals surface area contributed by atoms with Gasteiger partial charge in [0.1, 0.15) is 5.75 Å². The first kappa shape index (κ1) is 9.22. The molecule has 0 aliphatic heterocycles. The van der Waals surface area contributed by atoms with E-state index in [-0.39, 0.29) is 0 Å². The predicted molar refractivity (Wildman–Crippen MR) is 66.8 cm³/mol. The van der Waals surface area contributed by atoms with E-state index in [0.717, 1.165) is 16.5 Å². The standard InChI is InChI=1S/C15H11O/c1-16-15-10-11-6-2-3-7-12(11)13-8-4-5-9-14(13)15/h2-9H,1H3. The van der Waals surface area contributed by atoms with Crippen molar-refractivity contribution in [3.63, 3.8) is 0 Å². The molecule has 0 saturated carbocycles. The van der Waals surface area contributed by atoms with Gasteiger partial charge in [-0.2, -0.15) is 0 Å². The Morgan fingerprint density at radius 2 is 1.44 bits per heavy atom. The monoisotopic (exact) mass is 207 g/mol. The summed E-state index contributed by atoms with van der Waals surface area (Å²) in [6.07, 6.45) is 0. The summed E-state index contributed by atoms with van der Waals surface area (Å²) < 4.78 is 5.38. The molecule has 0 aromatic heterocycles. The van der Waals surface area contributed by atoms with Crippen molar-refractivity contribution in [3.05, 3.63) is 54.6 Å². The summed E-state index contributed by atoms with van der Waals surface area (Å²) in [5, 5.41) is 4.65. The first-order chi connectivity index (χ1) is 7.90. The summed E-state index contributed by atoms with van der Waals surface area (Å²) >= 11 is 0. The third kappa shape index (κ3) is 1.25. The minimum Gasteiger partial charge on any atom is -0.495 e. The highest BCUT2D eigenvalue weighted by Crippen LogP contribution is 2.32. The zero-order chi connectivity index (χ0) is 11.0. The molecule has 0 amide bonds. The van der Waals surface area contributed by atoms with Gasteiger partial charge in [0.2, 0.25) is 0 Å². The van der Waals surface area contributed by atoms with Crippen LogP contribution in [0.15, 0.2) is 48.5 Å². The van der Waals surface area contributed by atoms with Gasteiger partial charge in [-0.05, 0) is 16.2 Å². The molecule has 0 spiro atoms. The first-order valence-electron chi connectivity index (χ1n) is 5.27. The fourth-order valence-corrected chi connectivity index (χ4v) is 2.09. The van der Waals surface area contributed by atoms with Crippen molar-refractivity contribution in [1.82, 2.24) is 0 Å². The molecule has 77 valence electrons. The van der Waals surface area contributed by atoms with Crippen LogP contribution < -0.4 is 4.74 Å². The smallest absolute Gasteiger partial charge is 0.135 e. The summed E-state index contributed by atoms with van der Waals surface area (Å²) in [5.41, 5.74) is 0. The minimum absolute atomic E-state index is 0.814. The second-order valence-electron chi connectivity index (χ2n) is 3.75. The van der Waals surface area contributed by atoms with Crippen molar-refractivity contribution in [3.8, 4) is 5.75 Å².